The molecule has 0 spiro atoms. The predicted molar refractivity (Wildman–Crippen MR) is 63.1 cm³/mol. The smallest absolute Gasteiger partial charge is 0.307 e. The van der Waals surface area contributed by atoms with Crippen LogP contribution in [0.2, 0.25) is 0 Å². The number of carboxylic acid groups (broad SMARTS) is 1. The quantitative estimate of drug-likeness (QED) is 0.812. The van der Waals surface area contributed by atoms with Gasteiger partial charge in [0.15, 0.2) is 0 Å². The zero-order chi connectivity index (χ0) is 11.4. The first-order valence-corrected chi connectivity index (χ1v) is 5.46. The Morgan fingerprint density at radius 1 is 1.44 bits per heavy atom. The summed E-state index contributed by atoms with van der Waals surface area (Å²) in [6, 6.07) is 6.29. The van der Waals surface area contributed by atoms with Crippen LogP contribution < -0.4 is 5.32 Å². The van der Waals surface area contributed by atoms with Crippen LogP contribution >= 0.6 is 0 Å². The zero-order valence-electron chi connectivity index (χ0n) is 9.07. The van der Waals surface area contributed by atoms with Crippen molar-refractivity contribution in [2.75, 3.05) is 6.54 Å². The molecule has 0 saturated carbocycles. The number of nitrogens with one attached hydrogen (secondary N) is 1. The van der Waals surface area contributed by atoms with Crippen LogP contribution in [0.1, 0.15) is 23.1 Å². The topological polar surface area (TPSA) is 49.3 Å². The summed E-state index contributed by atoms with van der Waals surface area (Å²) in [6.07, 6.45) is 4.69. The molecule has 2 N–H and O–H groups in total. The summed E-state index contributed by atoms with van der Waals surface area (Å²) in [7, 11) is 0. The second-order valence-corrected chi connectivity index (χ2v) is 3.96. The maximum atomic E-state index is 10.4. The average Bonchev–Trinajstić information content (AvgIpc) is 2.28. The lowest BCUT2D eigenvalue weighted by Gasteiger charge is -2.17. The van der Waals surface area contributed by atoms with Gasteiger partial charge in [-0.3, -0.25) is 4.79 Å². The SMILES string of the molecule is O=C(O)CC=Cc1ccc2c(c1)CCNC2. The van der Waals surface area contributed by atoms with Crippen LogP contribution in [0, 0.1) is 0 Å². The molecule has 0 radical (unpaired) electrons. The number of carboxylic acids is 1. The van der Waals surface area contributed by atoms with Crippen molar-refractivity contribution in [3.63, 3.8) is 0 Å². The Morgan fingerprint density at radius 2 is 2.31 bits per heavy atom. The zero-order valence-corrected chi connectivity index (χ0v) is 9.07. The number of hydrogen-bond acceptors (Lipinski definition) is 2. The Kier molecular flexibility index (Phi) is 3.37. The van der Waals surface area contributed by atoms with Crippen LogP contribution in [-0.2, 0) is 17.8 Å². The molecule has 0 atom stereocenters. The minimum Gasteiger partial charge on any atom is -0.481 e. The summed E-state index contributed by atoms with van der Waals surface area (Å²) in [5.74, 6) is -0.793. The molecule has 0 aliphatic carbocycles. The minimum absolute atomic E-state index is 0.0820. The van der Waals surface area contributed by atoms with E-state index in [9.17, 15) is 4.79 Å². The van der Waals surface area contributed by atoms with E-state index in [1.807, 2.05) is 12.1 Å². The summed E-state index contributed by atoms with van der Waals surface area (Å²) in [5, 5.41) is 11.8. The fourth-order valence-electron chi connectivity index (χ4n) is 1.90. The van der Waals surface area contributed by atoms with Gasteiger partial charge in [0.1, 0.15) is 0 Å². The molecular weight excluding hydrogens is 202 g/mol. The molecule has 0 unspecified atom stereocenters. The van der Waals surface area contributed by atoms with E-state index in [0.717, 1.165) is 25.1 Å². The van der Waals surface area contributed by atoms with Gasteiger partial charge >= 0.3 is 5.97 Å². The van der Waals surface area contributed by atoms with E-state index in [4.69, 9.17) is 5.11 Å². The van der Waals surface area contributed by atoms with Gasteiger partial charge in [0.25, 0.3) is 0 Å². The van der Waals surface area contributed by atoms with Crippen LogP contribution in [0.5, 0.6) is 0 Å². The molecule has 2 rings (SSSR count). The third kappa shape index (κ3) is 2.70. The Balaban J connectivity index is 2.11. The average molecular weight is 217 g/mol. The van der Waals surface area contributed by atoms with E-state index in [1.165, 1.54) is 11.1 Å². The van der Waals surface area contributed by atoms with Gasteiger partial charge in [-0.1, -0.05) is 30.4 Å². The van der Waals surface area contributed by atoms with Gasteiger partial charge in [-0.05, 0) is 29.7 Å². The van der Waals surface area contributed by atoms with Crippen molar-refractivity contribution in [2.24, 2.45) is 0 Å². The molecule has 0 saturated heterocycles. The van der Waals surface area contributed by atoms with Crippen molar-refractivity contribution >= 4 is 12.0 Å². The summed E-state index contributed by atoms with van der Waals surface area (Å²) >= 11 is 0. The molecule has 0 bridgehead atoms. The maximum absolute atomic E-state index is 10.4. The van der Waals surface area contributed by atoms with Crippen LogP contribution in [0.4, 0.5) is 0 Å². The molecule has 3 nitrogen and oxygen atoms in total. The van der Waals surface area contributed by atoms with Crippen molar-refractivity contribution in [2.45, 2.75) is 19.4 Å². The van der Waals surface area contributed by atoms with Crippen molar-refractivity contribution in [1.82, 2.24) is 5.32 Å². The monoisotopic (exact) mass is 217 g/mol. The van der Waals surface area contributed by atoms with E-state index >= 15 is 0 Å². The summed E-state index contributed by atoms with van der Waals surface area (Å²) < 4.78 is 0. The molecule has 1 aromatic rings. The lowest BCUT2D eigenvalue weighted by molar-refractivity contribution is -0.135. The molecule has 84 valence electrons. The fourth-order valence-corrected chi connectivity index (χ4v) is 1.90. The lowest BCUT2D eigenvalue weighted by Crippen LogP contribution is -2.23. The van der Waals surface area contributed by atoms with Gasteiger partial charge in [0, 0.05) is 6.54 Å². The molecule has 0 amide bonds. The van der Waals surface area contributed by atoms with Crippen LogP contribution in [0.15, 0.2) is 24.3 Å². The van der Waals surface area contributed by atoms with E-state index in [1.54, 1.807) is 6.08 Å². The number of fused-ring (bicyclic) bond motifs is 1. The van der Waals surface area contributed by atoms with Gasteiger partial charge in [0.05, 0.1) is 6.42 Å². The van der Waals surface area contributed by atoms with Crippen LogP contribution in [0.3, 0.4) is 0 Å². The highest BCUT2D eigenvalue weighted by Gasteiger charge is 2.07. The summed E-state index contributed by atoms with van der Waals surface area (Å²) in [6.45, 7) is 1.96. The number of aliphatic carboxylic acids is 1. The van der Waals surface area contributed by atoms with Gasteiger partial charge in [-0.15, -0.1) is 0 Å². The Labute approximate surface area is 94.8 Å². The van der Waals surface area contributed by atoms with E-state index in [2.05, 4.69) is 17.4 Å². The first-order chi connectivity index (χ1) is 7.75. The van der Waals surface area contributed by atoms with Crippen LogP contribution in [0.25, 0.3) is 6.08 Å². The molecule has 1 heterocycles. The Morgan fingerprint density at radius 3 is 3.12 bits per heavy atom. The van der Waals surface area contributed by atoms with Crippen LogP contribution in [-0.4, -0.2) is 17.6 Å². The van der Waals surface area contributed by atoms with E-state index in [0.29, 0.717) is 0 Å². The molecule has 1 aliphatic rings. The third-order valence-electron chi connectivity index (χ3n) is 2.72. The van der Waals surface area contributed by atoms with Gasteiger partial charge in [-0.25, -0.2) is 0 Å². The van der Waals surface area contributed by atoms with Crippen molar-refractivity contribution < 1.29 is 9.90 Å². The second-order valence-electron chi connectivity index (χ2n) is 3.96. The predicted octanol–water partition coefficient (Wildman–Crippen LogP) is 1.82. The molecule has 3 heteroatoms. The van der Waals surface area contributed by atoms with Gasteiger partial charge in [0.2, 0.25) is 0 Å². The lowest BCUT2D eigenvalue weighted by atomic mass is 9.98. The number of benzene rings is 1. The number of hydrogen-bond donors (Lipinski definition) is 2. The first-order valence-electron chi connectivity index (χ1n) is 5.46. The van der Waals surface area contributed by atoms with Crippen molar-refractivity contribution in [3.05, 3.63) is 41.0 Å². The number of rotatable bonds is 3. The highest BCUT2D eigenvalue weighted by Crippen LogP contribution is 2.16. The highest BCUT2D eigenvalue weighted by molar-refractivity contribution is 5.70. The molecule has 1 aliphatic heterocycles. The number of carbonyl (C=O) groups is 1. The normalized spacial score (nSPS) is 15.0. The Bertz CT molecular complexity index is 424. The summed E-state index contributed by atoms with van der Waals surface area (Å²) in [4.78, 5) is 10.4. The van der Waals surface area contributed by atoms with Crippen molar-refractivity contribution in [3.8, 4) is 0 Å². The minimum atomic E-state index is -0.793. The highest BCUT2D eigenvalue weighted by atomic mass is 16.4. The standard InChI is InChI=1S/C13H15NO2/c15-13(16)3-1-2-10-4-5-12-9-14-7-6-11(12)8-10/h1-2,4-5,8,14H,3,6-7,9H2,(H,15,16). The molecule has 16 heavy (non-hydrogen) atoms. The second kappa shape index (κ2) is 4.94. The van der Waals surface area contributed by atoms with E-state index < -0.39 is 5.97 Å². The first kappa shape index (κ1) is 10.9. The maximum Gasteiger partial charge on any atom is 0.307 e. The largest absolute Gasteiger partial charge is 0.481 e. The molecular formula is C13H15NO2. The summed E-state index contributed by atoms with van der Waals surface area (Å²) in [5.41, 5.74) is 3.81. The molecule has 0 fully saturated rings. The van der Waals surface area contributed by atoms with Gasteiger partial charge < -0.3 is 10.4 Å². The van der Waals surface area contributed by atoms with Gasteiger partial charge in [-0.2, -0.15) is 0 Å². The molecule has 0 aromatic heterocycles. The fraction of sp³-hybridized carbons (Fsp3) is 0.308. The third-order valence-corrected chi connectivity index (χ3v) is 2.72. The van der Waals surface area contributed by atoms with E-state index in [-0.39, 0.29) is 6.42 Å². The van der Waals surface area contributed by atoms with Crippen molar-refractivity contribution in [1.29, 1.82) is 0 Å². The molecule has 1 aromatic carbocycles. The Hall–Kier alpha value is -1.61.